The Labute approximate surface area is 121 Å². The SMILES string of the molecule is CN(CC1(O)CCOCC1)c1ccc(Br)cc1C=O. The summed E-state index contributed by atoms with van der Waals surface area (Å²) in [5.74, 6) is 0. The molecular weight excluding hydrogens is 310 g/mol. The number of benzene rings is 1. The van der Waals surface area contributed by atoms with Gasteiger partial charge in [0.25, 0.3) is 0 Å². The van der Waals surface area contributed by atoms with Crippen LogP contribution >= 0.6 is 15.9 Å². The molecule has 1 aromatic carbocycles. The van der Waals surface area contributed by atoms with Gasteiger partial charge in [-0.05, 0) is 18.2 Å². The van der Waals surface area contributed by atoms with Crippen LogP contribution in [0.1, 0.15) is 23.2 Å². The molecule has 19 heavy (non-hydrogen) atoms. The normalized spacial score (nSPS) is 18.1. The lowest BCUT2D eigenvalue weighted by Gasteiger charge is -2.36. The van der Waals surface area contributed by atoms with Crippen LogP contribution < -0.4 is 4.90 Å². The number of carbonyl (C=O) groups excluding carboxylic acids is 1. The van der Waals surface area contributed by atoms with Crippen molar-refractivity contribution >= 4 is 27.9 Å². The molecule has 2 rings (SSSR count). The summed E-state index contributed by atoms with van der Waals surface area (Å²) in [5.41, 5.74) is 0.714. The fourth-order valence-corrected chi connectivity index (χ4v) is 2.78. The van der Waals surface area contributed by atoms with Crippen molar-refractivity contribution in [2.75, 3.05) is 31.7 Å². The number of ether oxygens (including phenoxy) is 1. The molecule has 0 saturated carbocycles. The highest BCUT2D eigenvalue weighted by Gasteiger charge is 2.31. The monoisotopic (exact) mass is 327 g/mol. The van der Waals surface area contributed by atoms with Crippen molar-refractivity contribution in [3.63, 3.8) is 0 Å². The Kier molecular flexibility index (Phi) is 4.60. The third kappa shape index (κ3) is 3.55. The molecule has 1 N–H and O–H groups in total. The number of likely N-dealkylation sites (N-methyl/N-ethyl adjacent to an activating group) is 1. The molecule has 0 unspecified atom stereocenters. The summed E-state index contributed by atoms with van der Waals surface area (Å²) in [4.78, 5) is 13.1. The van der Waals surface area contributed by atoms with Crippen LogP contribution in [0.5, 0.6) is 0 Å². The molecule has 104 valence electrons. The molecule has 0 atom stereocenters. The number of nitrogens with zero attached hydrogens (tertiary/aromatic N) is 1. The number of rotatable bonds is 4. The smallest absolute Gasteiger partial charge is 0.152 e. The second kappa shape index (κ2) is 6.03. The van der Waals surface area contributed by atoms with Gasteiger partial charge in [0.15, 0.2) is 6.29 Å². The van der Waals surface area contributed by atoms with E-state index in [0.29, 0.717) is 38.2 Å². The van der Waals surface area contributed by atoms with Gasteiger partial charge in [0.05, 0.1) is 5.60 Å². The number of anilines is 1. The quantitative estimate of drug-likeness (QED) is 0.862. The molecular formula is C14H18BrNO3. The van der Waals surface area contributed by atoms with E-state index in [4.69, 9.17) is 4.74 Å². The molecule has 0 radical (unpaired) electrons. The van der Waals surface area contributed by atoms with Crippen molar-refractivity contribution in [3.8, 4) is 0 Å². The van der Waals surface area contributed by atoms with E-state index in [9.17, 15) is 9.90 Å². The Morgan fingerprint density at radius 2 is 2.16 bits per heavy atom. The molecule has 0 spiro atoms. The topological polar surface area (TPSA) is 49.8 Å². The number of carbonyl (C=O) groups is 1. The zero-order valence-corrected chi connectivity index (χ0v) is 12.5. The predicted octanol–water partition coefficient (Wildman–Crippen LogP) is 2.24. The van der Waals surface area contributed by atoms with E-state index in [-0.39, 0.29) is 0 Å². The van der Waals surface area contributed by atoms with Gasteiger partial charge in [0.2, 0.25) is 0 Å². The highest BCUT2D eigenvalue weighted by molar-refractivity contribution is 9.10. The highest BCUT2D eigenvalue weighted by Crippen LogP contribution is 2.27. The Morgan fingerprint density at radius 3 is 2.79 bits per heavy atom. The molecule has 0 bridgehead atoms. The predicted molar refractivity (Wildman–Crippen MR) is 77.8 cm³/mol. The number of aliphatic hydroxyl groups is 1. The van der Waals surface area contributed by atoms with Crippen molar-refractivity contribution in [3.05, 3.63) is 28.2 Å². The molecule has 1 fully saturated rings. The Morgan fingerprint density at radius 1 is 1.47 bits per heavy atom. The number of hydrogen-bond donors (Lipinski definition) is 1. The van der Waals surface area contributed by atoms with E-state index in [2.05, 4.69) is 15.9 Å². The highest BCUT2D eigenvalue weighted by atomic mass is 79.9. The van der Waals surface area contributed by atoms with E-state index in [1.54, 1.807) is 6.07 Å². The van der Waals surface area contributed by atoms with Crippen molar-refractivity contribution in [2.45, 2.75) is 18.4 Å². The van der Waals surface area contributed by atoms with Crippen molar-refractivity contribution in [2.24, 2.45) is 0 Å². The molecule has 1 aromatic rings. The lowest BCUT2D eigenvalue weighted by atomic mass is 9.93. The first-order chi connectivity index (χ1) is 9.04. The minimum atomic E-state index is -0.736. The lowest BCUT2D eigenvalue weighted by Crippen LogP contribution is -2.46. The molecule has 4 nitrogen and oxygen atoms in total. The maximum Gasteiger partial charge on any atom is 0.152 e. The number of halogens is 1. The third-order valence-corrected chi connectivity index (χ3v) is 3.98. The van der Waals surface area contributed by atoms with E-state index in [0.717, 1.165) is 16.4 Å². The number of aldehydes is 1. The summed E-state index contributed by atoms with van der Waals surface area (Å²) in [5, 5.41) is 10.5. The average Bonchev–Trinajstić information content (AvgIpc) is 2.38. The first-order valence-electron chi connectivity index (χ1n) is 6.30. The molecule has 0 aromatic heterocycles. The molecule has 1 aliphatic rings. The largest absolute Gasteiger partial charge is 0.388 e. The summed E-state index contributed by atoms with van der Waals surface area (Å²) >= 11 is 3.35. The van der Waals surface area contributed by atoms with Crippen LogP contribution in [-0.4, -0.2) is 43.8 Å². The van der Waals surface area contributed by atoms with Gasteiger partial charge in [0, 0.05) is 55.4 Å². The molecule has 1 heterocycles. The zero-order chi connectivity index (χ0) is 13.9. The van der Waals surface area contributed by atoms with Crippen LogP contribution in [0.15, 0.2) is 22.7 Å². The lowest BCUT2D eigenvalue weighted by molar-refractivity contribution is -0.0572. The molecule has 0 amide bonds. The molecule has 1 aliphatic heterocycles. The van der Waals surface area contributed by atoms with Crippen molar-refractivity contribution < 1.29 is 14.6 Å². The summed E-state index contributed by atoms with van der Waals surface area (Å²) < 4.78 is 6.14. The van der Waals surface area contributed by atoms with Gasteiger partial charge in [-0.3, -0.25) is 4.79 Å². The van der Waals surface area contributed by atoms with E-state index in [1.165, 1.54) is 0 Å². The van der Waals surface area contributed by atoms with Crippen molar-refractivity contribution in [1.82, 2.24) is 0 Å². The maximum absolute atomic E-state index is 11.1. The van der Waals surface area contributed by atoms with Gasteiger partial charge in [0.1, 0.15) is 0 Å². The first-order valence-corrected chi connectivity index (χ1v) is 7.09. The molecule has 1 saturated heterocycles. The van der Waals surface area contributed by atoms with Crippen LogP contribution in [-0.2, 0) is 4.74 Å². The van der Waals surface area contributed by atoms with Crippen LogP contribution in [0.25, 0.3) is 0 Å². The minimum Gasteiger partial charge on any atom is -0.388 e. The Hall–Kier alpha value is -0.910. The minimum absolute atomic E-state index is 0.499. The number of hydrogen-bond acceptors (Lipinski definition) is 4. The third-order valence-electron chi connectivity index (χ3n) is 3.48. The van der Waals surface area contributed by atoms with Gasteiger partial charge in [-0.15, -0.1) is 0 Å². The fourth-order valence-electron chi connectivity index (χ4n) is 2.40. The van der Waals surface area contributed by atoms with E-state index < -0.39 is 5.60 Å². The van der Waals surface area contributed by atoms with Gasteiger partial charge in [-0.2, -0.15) is 0 Å². The Balaban J connectivity index is 2.15. The van der Waals surface area contributed by atoms with Gasteiger partial charge >= 0.3 is 0 Å². The second-order valence-corrected chi connectivity index (χ2v) is 5.93. The second-order valence-electron chi connectivity index (χ2n) is 5.01. The maximum atomic E-state index is 11.1. The Bertz CT molecular complexity index is 458. The van der Waals surface area contributed by atoms with Crippen molar-refractivity contribution in [1.29, 1.82) is 0 Å². The summed E-state index contributed by atoms with van der Waals surface area (Å²) in [6.07, 6.45) is 2.10. The van der Waals surface area contributed by atoms with E-state index >= 15 is 0 Å². The van der Waals surface area contributed by atoms with E-state index in [1.807, 2.05) is 24.1 Å². The summed E-state index contributed by atoms with van der Waals surface area (Å²) in [6.45, 7) is 1.68. The zero-order valence-electron chi connectivity index (χ0n) is 10.9. The van der Waals surface area contributed by atoms with Gasteiger partial charge in [-0.1, -0.05) is 15.9 Å². The van der Waals surface area contributed by atoms with Crippen LogP contribution in [0.4, 0.5) is 5.69 Å². The summed E-state index contributed by atoms with van der Waals surface area (Å²) in [7, 11) is 1.89. The first kappa shape index (κ1) is 14.5. The standard InChI is InChI=1S/C14H18BrNO3/c1-16(10-14(18)4-6-19-7-5-14)13-3-2-12(15)8-11(13)9-17/h2-3,8-9,18H,4-7,10H2,1H3. The van der Waals surface area contributed by atoms with Crippen LogP contribution in [0.2, 0.25) is 0 Å². The summed E-state index contributed by atoms with van der Waals surface area (Å²) in [6, 6.07) is 5.57. The van der Waals surface area contributed by atoms with Gasteiger partial charge < -0.3 is 14.7 Å². The molecule has 0 aliphatic carbocycles. The van der Waals surface area contributed by atoms with Crippen LogP contribution in [0, 0.1) is 0 Å². The average molecular weight is 328 g/mol. The molecule has 5 heteroatoms. The fraction of sp³-hybridized carbons (Fsp3) is 0.500. The van der Waals surface area contributed by atoms with Gasteiger partial charge in [-0.25, -0.2) is 0 Å². The van der Waals surface area contributed by atoms with Crippen LogP contribution in [0.3, 0.4) is 0 Å².